The maximum atomic E-state index is 13.8. The van der Waals surface area contributed by atoms with Crippen molar-refractivity contribution >= 4 is 67.0 Å². The van der Waals surface area contributed by atoms with Gasteiger partial charge in [-0.2, -0.15) is 27.0 Å². The molecule has 0 aliphatic carbocycles. The highest BCUT2D eigenvalue weighted by Crippen LogP contribution is 2.26. The van der Waals surface area contributed by atoms with E-state index in [4.69, 9.17) is 32.3 Å². The van der Waals surface area contributed by atoms with E-state index in [1.165, 1.54) is 69.8 Å². The summed E-state index contributed by atoms with van der Waals surface area (Å²) in [6.45, 7) is -0.765. The number of nitrogens with one attached hydrogen (secondary N) is 2. The van der Waals surface area contributed by atoms with E-state index in [1.807, 2.05) is 0 Å². The SMILES string of the molecule is C.C.Cn1nccc1Nc1nccc(-c2ccn([C@H](CO)c3ccc(Cl)c(F)c3)c(=O)c2)n1.Cn1nccc1Nc1nccc(-c2ccn([C@H](CO)c3ccc(Cl)c(F)c3)c(=O)c2)n1.O=S(=O)(O)c1ccccc1.O=S(=O)(O)c1ccccc1. The minimum absolute atomic E-state index is 0. The zero-order chi connectivity index (χ0) is 59.1. The summed E-state index contributed by atoms with van der Waals surface area (Å²) in [5.41, 5.74) is 2.38. The highest BCUT2D eigenvalue weighted by molar-refractivity contribution is 7.86. The molecule has 22 nitrogen and oxygen atoms in total. The van der Waals surface area contributed by atoms with E-state index >= 15 is 0 Å². The second kappa shape index (κ2) is 29.9. The molecule has 2 atom stereocenters. The second-order valence-electron chi connectivity index (χ2n) is 17.1. The van der Waals surface area contributed by atoms with E-state index in [9.17, 15) is 45.4 Å². The van der Waals surface area contributed by atoms with Crippen LogP contribution in [0, 0.1) is 11.6 Å². The van der Waals surface area contributed by atoms with Crippen molar-refractivity contribution in [1.29, 1.82) is 0 Å². The van der Waals surface area contributed by atoms with Crippen LogP contribution in [0.3, 0.4) is 0 Å². The fourth-order valence-electron chi connectivity index (χ4n) is 7.53. The van der Waals surface area contributed by atoms with Crippen molar-refractivity contribution in [2.24, 2.45) is 14.1 Å². The molecule has 0 spiro atoms. The monoisotopic (exact) mass is 1230 g/mol. The number of aliphatic hydroxyl groups excluding tert-OH is 2. The molecule has 10 aromatic rings. The number of halogens is 4. The average Bonchev–Trinajstić information content (AvgIpc) is 4.11. The lowest BCUT2D eigenvalue weighted by Gasteiger charge is -2.18. The Balaban J connectivity index is 0.000000228. The molecule has 6 heterocycles. The number of pyridine rings is 2. The Morgan fingerprint density at radius 2 is 0.893 bits per heavy atom. The summed E-state index contributed by atoms with van der Waals surface area (Å²) in [6.07, 6.45) is 9.55. The Kier molecular flexibility index (Phi) is 23.5. The van der Waals surface area contributed by atoms with Gasteiger partial charge in [0.25, 0.3) is 31.4 Å². The van der Waals surface area contributed by atoms with Gasteiger partial charge in [0.05, 0.1) is 68.9 Å². The topological polar surface area (TPSA) is 304 Å². The lowest BCUT2D eigenvalue weighted by Crippen LogP contribution is -2.27. The average molecular weight is 1230 g/mol. The molecule has 0 aliphatic heterocycles. The third-order valence-corrected chi connectivity index (χ3v) is 14.0. The van der Waals surface area contributed by atoms with E-state index in [0.717, 1.165) is 0 Å². The van der Waals surface area contributed by atoms with Crippen molar-refractivity contribution < 1.29 is 44.9 Å². The van der Waals surface area contributed by atoms with Gasteiger partial charge in [0, 0.05) is 74.3 Å². The van der Waals surface area contributed by atoms with Crippen molar-refractivity contribution in [3.05, 3.63) is 236 Å². The molecular weight excluding hydrogens is 1170 g/mol. The predicted molar refractivity (Wildman–Crippen MR) is 316 cm³/mol. The molecule has 10 rings (SSSR count). The number of aryl methyl sites for hydroxylation is 2. The number of nitrogens with zero attached hydrogens (tertiary/aromatic N) is 10. The van der Waals surface area contributed by atoms with Gasteiger partial charge in [-0.1, -0.05) is 86.6 Å². The first-order valence-electron chi connectivity index (χ1n) is 23.9. The summed E-state index contributed by atoms with van der Waals surface area (Å²) in [7, 11) is -4.43. The first-order chi connectivity index (χ1) is 39.1. The summed E-state index contributed by atoms with van der Waals surface area (Å²) in [4.78, 5) is 42.7. The largest absolute Gasteiger partial charge is 0.394 e. The Hall–Kier alpha value is -8.86. The van der Waals surface area contributed by atoms with Crippen LogP contribution in [-0.4, -0.2) is 98.0 Å². The van der Waals surface area contributed by atoms with Gasteiger partial charge in [-0.25, -0.2) is 28.7 Å². The molecule has 6 aromatic heterocycles. The van der Waals surface area contributed by atoms with Gasteiger partial charge < -0.3 is 30.0 Å². The minimum atomic E-state index is -4.00. The molecule has 84 heavy (non-hydrogen) atoms. The quantitative estimate of drug-likeness (QED) is 0.0552. The van der Waals surface area contributed by atoms with E-state index in [2.05, 4.69) is 40.8 Å². The van der Waals surface area contributed by atoms with Crippen molar-refractivity contribution in [2.45, 2.75) is 36.7 Å². The highest BCUT2D eigenvalue weighted by atomic mass is 35.5. The molecule has 0 saturated carbocycles. The van der Waals surface area contributed by atoms with Crippen molar-refractivity contribution in [3.63, 3.8) is 0 Å². The number of benzene rings is 4. The summed E-state index contributed by atoms with van der Waals surface area (Å²) in [5.74, 6) is 0.917. The van der Waals surface area contributed by atoms with Gasteiger partial charge >= 0.3 is 0 Å². The lowest BCUT2D eigenvalue weighted by atomic mass is 10.1. The number of hydrogen-bond acceptors (Lipinski definition) is 16. The number of rotatable bonds is 14. The molecular formula is C56H56Cl2F2N12O10S2. The third-order valence-electron chi connectivity index (χ3n) is 11.7. The van der Waals surface area contributed by atoms with Crippen LogP contribution in [0.5, 0.6) is 0 Å². The minimum Gasteiger partial charge on any atom is -0.394 e. The van der Waals surface area contributed by atoms with Crippen LogP contribution < -0.4 is 21.8 Å². The summed E-state index contributed by atoms with van der Waals surface area (Å²) in [5, 5.41) is 33.9. The third kappa shape index (κ3) is 17.6. The summed E-state index contributed by atoms with van der Waals surface area (Å²) in [6, 6.07) is 34.9. The van der Waals surface area contributed by atoms with Crippen LogP contribution in [-0.2, 0) is 34.3 Å². The Morgan fingerprint density at radius 3 is 1.18 bits per heavy atom. The van der Waals surface area contributed by atoms with E-state index < -0.39 is 44.0 Å². The first-order valence-corrected chi connectivity index (χ1v) is 27.5. The number of anilines is 4. The molecule has 28 heteroatoms. The number of hydrogen-bond donors (Lipinski definition) is 6. The molecule has 0 aliphatic rings. The molecule has 4 aromatic carbocycles. The zero-order valence-corrected chi connectivity index (χ0v) is 46.1. The van der Waals surface area contributed by atoms with Gasteiger partial charge in [-0.15, -0.1) is 0 Å². The van der Waals surface area contributed by atoms with Gasteiger partial charge in [-0.05, 0) is 83.9 Å². The molecule has 0 bridgehead atoms. The van der Waals surface area contributed by atoms with Crippen LogP contribution in [0.15, 0.2) is 202 Å². The van der Waals surface area contributed by atoms with Crippen LogP contribution in [0.4, 0.5) is 32.3 Å². The Labute approximate surface area is 491 Å². The Bertz CT molecular complexity index is 3900. The number of aromatic nitrogens is 10. The standard InChI is InChI=1S/2C21H18ClFN6O2.2C6H6O3S.2CH4/c2*1-28-19(5-8-25-28)27-21-24-7-4-17(26-21)13-6-9-29(20(31)11-13)18(12-30)14-2-3-15(22)16(23)10-14;2*7-10(8,9)6-4-2-1-3-5-6;;/h2*2-11,18,30H,12H2,1H3,(H,24,26,27);2*1-5H,(H,7,8,9);2*1H4/t2*18-;;;;/m11..../s1. The predicted octanol–water partition coefficient (Wildman–Crippen LogP) is 9.45. The molecule has 0 amide bonds. The zero-order valence-electron chi connectivity index (χ0n) is 42.9. The van der Waals surface area contributed by atoms with Crippen LogP contribution >= 0.6 is 23.2 Å². The van der Waals surface area contributed by atoms with Gasteiger partial charge in [0.1, 0.15) is 23.3 Å². The normalized spacial score (nSPS) is 11.5. The lowest BCUT2D eigenvalue weighted by molar-refractivity contribution is 0.246. The van der Waals surface area contributed by atoms with Crippen molar-refractivity contribution in [3.8, 4) is 22.5 Å². The fourth-order valence-corrected chi connectivity index (χ4v) is 8.76. The Morgan fingerprint density at radius 1 is 0.524 bits per heavy atom. The molecule has 0 unspecified atom stereocenters. The van der Waals surface area contributed by atoms with E-state index in [0.29, 0.717) is 57.2 Å². The van der Waals surface area contributed by atoms with Crippen LogP contribution in [0.25, 0.3) is 22.5 Å². The second-order valence-corrected chi connectivity index (χ2v) is 20.8. The highest BCUT2D eigenvalue weighted by Gasteiger charge is 2.19. The summed E-state index contributed by atoms with van der Waals surface area (Å²) < 4.78 is 92.1. The molecule has 6 N–H and O–H groups in total. The number of aliphatic hydroxyl groups is 2. The van der Waals surface area contributed by atoms with E-state index in [-0.39, 0.29) is 59.0 Å². The first kappa shape index (κ1) is 65.9. The smallest absolute Gasteiger partial charge is 0.294 e. The van der Waals surface area contributed by atoms with Crippen LogP contribution in [0.1, 0.15) is 38.1 Å². The van der Waals surface area contributed by atoms with Crippen molar-refractivity contribution in [1.82, 2.24) is 48.6 Å². The molecule has 0 radical (unpaired) electrons. The van der Waals surface area contributed by atoms with Gasteiger partial charge in [0.2, 0.25) is 11.9 Å². The maximum Gasteiger partial charge on any atom is 0.294 e. The maximum absolute atomic E-state index is 13.8. The van der Waals surface area contributed by atoms with Gasteiger partial charge in [-0.3, -0.25) is 28.1 Å². The van der Waals surface area contributed by atoms with Gasteiger partial charge in [0.15, 0.2) is 0 Å². The molecule has 0 fully saturated rings. The van der Waals surface area contributed by atoms with Crippen LogP contribution in [0.2, 0.25) is 10.0 Å². The van der Waals surface area contributed by atoms with Crippen molar-refractivity contribution in [2.75, 3.05) is 23.8 Å². The molecule has 0 saturated heterocycles. The summed E-state index contributed by atoms with van der Waals surface area (Å²) >= 11 is 11.5. The fraction of sp³-hybridized carbons (Fsp3) is 0.143. The van der Waals surface area contributed by atoms with E-state index in [1.54, 1.807) is 146 Å². The molecule has 440 valence electrons.